The number of carbonyl (C=O) groups excluding carboxylic acids is 2. The van der Waals surface area contributed by atoms with Crippen molar-refractivity contribution in [1.82, 2.24) is 10.2 Å². The Balaban J connectivity index is 1.57. The van der Waals surface area contributed by atoms with Gasteiger partial charge in [-0.3, -0.25) is 14.5 Å². The van der Waals surface area contributed by atoms with Crippen LogP contribution < -0.4 is 5.32 Å². The third kappa shape index (κ3) is 3.23. The van der Waals surface area contributed by atoms with E-state index in [-0.39, 0.29) is 29.8 Å². The molecule has 2 saturated carbocycles. The fourth-order valence-corrected chi connectivity index (χ4v) is 4.74. The number of hydrogen-bond acceptors (Lipinski definition) is 4. The number of rotatable bonds is 4. The minimum atomic E-state index is -0.161. The predicted octanol–water partition coefficient (Wildman–Crippen LogP) is 1.04. The quantitative estimate of drug-likeness (QED) is 0.621. The van der Waals surface area contributed by atoms with E-state index in [1.807, 2.05) is 0 Å². The fraction of sp³-hybridized carbons (Fsp3) is 0.778. The van der Waals surface area contributed by atoms with E-state index >= 15 is 0 Å². The summed E-state index contributed by atoms with van der Waals surface area (Å²) in [6, 6.07) is -0.0301. The van der Waals surface area contributed by atoms with Gasteiger partial charge in [-0.2, -0.15) is 0 Å². The summed E-state index contributed by atoms with van der Waals surface area (Å²) in [5.74, 6) is 3.32. The van der Waals surface area contributed by atoms with E-state index in [1.54, 1.807) is 0 Å². The van der Waals surface area contributed by atoms with E-state index in [0.29, 0.717) is 18.4 Å². The van der Waals surface area contributed by atoms with Crippen LogP contribution in [0.3, 0.4) is 0 Å². The van der Waals surface area contributed by atoms with Gasteiger partial charge in [0, 0.05) is 12.0 Å². The Hall–Kier alpha value is -1.54. The monoisotopic (exact) mass is 318 g/mol. The molecule has 1 amide bonds. The minimum absolute atomic E-state index is 0.0301. The van der Waals surface area contributed by atoms with Crippen molar-refractivity contribution >= 4 is 11.9 Å². The van der Waals surface area contributed by atoms with Gasteiger partial charge in [0.25, 0.3) is 0 Å². The van der Waals surface area contributed by atoms with E-state index in [2.05, 4.69) is 16.1 Å². The van der Waals surface area contributed by atoms with Crippen LogP contribution in [0.25, 0.3) is 0 Å². The summed E-state index contributed by atoms with van der Waals surface area (Å²) in [4.78, 5) is 26.9. The molecule has 1 aliphatic heterocycles. The Kier molecular flexibility index (Phi) is 4.91. The molecule has 0 unspecified atom stereocenters. The summed E-state index contributed by atoms with van der Waals surface area (Å²) in [5, 5.41) is 3.19. The van der Waals surface area contributed by atoms with E-state index in [9.17, 15) is 9.59 Å². The topological polar surface area (TPSA) is 58.6 Å². The van der Waals surface area contributed by atoms with Crippen molar-refractivity contribution in [3.63, 3.8) is 0 Å². The number of nitrogens with one attached hydrogen (secondary N) is 1. The predicted molar refractivity (Wildman–Crippen MR) is 86.3 cm³/mol. The molecule has 2 bridgehead atoms. The maximum absolute atomic E-state index is 12.6. The van der Waals surface area contributed by atoms with Crippen molar-refractivity contribution in [2.45, 2.75) is 38.1 Å². The lowest BCUT2D eigenvalue weighted by Crippen LogP contribution is -2.50. The summed E-state index contributed by atoms with van der Waals surface area (Å²) >= 11 is 0. The maximum atomic E-state index is 12.6. The summed E-state index contributed by atoms with van der Waals surface area (Å²) in [6.45, 7) is 2.41. The number of fused-ring (bicyclic) bond motifs is 2. The van der Waals surface area contributed by atoms with Crippen LogP contribution in [0, 0.1) is 36.0 Å². The van der Waals surface area contributed by atoms with Crippen LogP contribution in [0.1, 0.15) is 32.1 Å². The summed E-state index contributed by atoms with van der Waals surface area (Å²) in [7, 11) is 1.44. The van der Waals surface area contributed by atoms with Gasteiger partial charge in [0.1, 0.15) is 0 Å². The molecule has 1 saturated heterocycles. The highest BCUT2D eigenvalue weighted by Crippen LogP contribution is 2.49. The second-order valence-electron chi connectivity index (χ2n) is 7.17. The average molecular weight is 318 g/mol. The van der Waals surface area contributed by atoms with Crippen LogP contribution in [0.2, 0.25) is 0 Å². The number of amides is 1. The lowest BCUT2D eigenvalue weighted by atomic mass is 9.83. The number of terminal acetylenes is 1. The molecule has 0 aromatic heterocycles. The molecular formula is C18H26N2O3. The van der Waals surface area contributed by atoms with Gasteiger partial charge in [-0.1, -0.05) is 5.92 Å². The van der Waals surface area contributed by atoms with Crippen LogP contribution in [0.15, 0.2) is 0 Å². The Morgan fingerprint density at radius 1 is 1.22 bits per heavy atom. The van der Waals surface area contributed by atoms with Gasteiger partial charge in [0.15, 0.2) is 0 Å². The maximum Gasteiger partial charge on any atom is 0.311 e. The van der Waals surface area contributed by atoms with Crippen molar-refractivity contribution in [2.75, 3.05) is 26.7 Å². The molecule has 1 heterocycles. The number of piperidine rings is 1. The number of likely N-dealkylation sites (tertiary alicyclic amines) is 1. The first kappa shape index (κ1) is 16.3. The van der Waals surface area contributed by atoms with E-state index in [4.69, 9.17) is 11.2 Å². The van der Waals surface area contributed by atoms with Crippen LogP contribution in [-0.4, -0.2) is 49.6 Å². The van der Waals surface area contributed by atoms with Crippen molar-refractivity contribution < 1.29 is 14.3 Å². The second kappa shape index (κ2) is 6.92. The Morgan fingerprint density at radius 3 is 2.57 bits per heavy atom. The minimum Gasteiger partial charge on any atom is -0.469 e. The third-order valence-electron chi connectivity index (χ3n) is 5.97. The first-order valence-electron chi connectivity index (χ1n) is 8.68. The molecule has 4 atom stereocenters. The van der Waals surface area contributed by atoms with Gasteiger partial charge in [0.2, 0.25) is 5.91 Å². The molecule has 0 aromatic carbocycles. The van der Waals surface area contributed by atoms with E-state index in [0.717, 1.165) is 45.2 Å². The average Bonchev–Trinajstić information content (AvgIpc) is 3.16. The normalized spacial score (nSPS) is 34.1. The summed E-state index contributed by atoms with van der Waals surface area (Å²) in [5.41, 5.74) is 0. The largest absolute Gasteiger partial charge is 0.469 e. The molecule has 1 N–H and O–H groups in total. The molecule has 23 heavy (non-hydrogen) atoms. The van der Waals surface area contributed by atoms with E-state index in [1.165, 1.54) is 7.11 Å². The smallest absolute Gasteiger partial charge is 0.311 e. The van der Waals surface area contributed by atoms with Crippen molar-refractivity contribution in [1.29, 1.82) is 0 Å². The first-order chi connectivity index (χ1) is 11.1. The van der Waals surface area contributed by atoms with Crippen molar-refractivity contribution in [3.8, 4) is 12.3 Å². The second-order valence-corrected chi connectivity index (χ2v) is 7.17. The van der Waals surface area contributed by atoms with Gasteiger partial charge in [-0.05, 0) is 57.0 Å². The highest BCUT2D eigenvalue weighted by Gasteiger charge is 2.52. The number of nitrogens with zero attached hydrogens (tertiary/aromatic N) is 1. The highest BCUT2D eigenvalue weighted by atomic mass is 16.5. The van der Waals surface area contributed by atoms with Gasteiger partial charge in [0.05, 0.1) is 19.6 Å². The number of hydrogen-bond donors (Lipinski definition) is 1. The highest BCUT2D eigenvalue weighted by molar-refractivity contribution is 5.81. The van der Waals surface area contributed by atoms with Gasteiger partial charge < -0.3 is 10.1 Å². The first-order valence-corrected chi connectivity index (χ1v) is 8.68. The van der Waals surface area contributed by atoms with Gasteiger partial charge >= 0.3 is 5.97 Å². The van der Waals surface area contributed by atoms with Gasteiger partial charge in [-0.15, -0.1) is 6.42 Å². The van der Waals surface area contributed by atoms with Crippen LogP contribution in [-0.2, 0) is 14.3 Å². The third-order valence-corrected chi connectivity index (χ3v) is 5.97. The van der Waals surface area contributed by atoms with Crippen LogP contribution in [0.4, 0.5) is 0 Å². The van der Waals surface area contributed by atoms with E-state index < -0.39 is 0 Å². The fourth-order valence-electron chi connectivity index (χ4n) is 4.74. The zero-order chi connectivity index (χ0) is 16.4. The lowest BCUT2D eigenvalue weighted by Gasteiger charge is -2.34. The molecule has 2 aliphatic carbocycles. The molecule has 0 radical (unpaired) electrons. The van der Waals surface area contributed by atoms with Crippen LogP contribution in [0.5, 0.6) is 0 Å². The number of esters is 1. The molecule has 3 fully saturated rings. The standard InChI is InChI=1S/C18H26N2O3/c1-3-8-20-9-6-12(7-10-20)17(21)19-16-14-5-4-13(11-14)15(16)18(22)23-2/h1,12-16H,4-11H2,2H3,(H,19,21)/t13-,14-,15+,16-/m0/s1. The lowest BCUT2D eigenvalue weighted by molar-refractivity contribution is -0.148. The summed E-state index contributed by atoms with van der Waals surface area (Å²) in [6.07, 6.45) is 10.3. The Labute approximate surface area is 138 Å². The Morgan fingerprint density at radius 2 is 1.91 bits per heavy atom. The summed E-state index contributed by atoms with van der Waals surface area (Å²) < 4.78 is 4.97. The van der Waals surface area contributed by atoms with Crippen LogP contribution >= 0.6 is 0 Å². The number of ether oxygens (including phenoxy) is 1. The molecule has 126 valence electrons. The molecule has 5 nitrogen and oxygen atoms in total. The molecule has 3 rings (SSSR count). The zero-order valence-corrected chi connectivity index (χ0v) is 13.8. The Bertz CT molecular complexity index is 505. The SMILES string of the molecule is C#CCN1CCC(C(=O)N[C@H]2[C@H]3CC[C@@H](C3)[C@H]2C(=O)OC)CC1. The molecule has 3 aliphatic rings. The number of carbonyl (C=O) groups is 2. The zero-order valence-electron chi connectivity index (χ0n) is 13.8. The number of methoxy groups -OCH3 is 1. The molecular weight excluding hydrogens is 292 g/mol. The molecule has 0 aromatic rings. The van der Waals surface area contributed by atoms with Crippen molar-refractivity contribution in [2.24, 2.45) is 23.7 Å². The van der Waals surface area contributed by atoms with Crippen molar-refractivity contribution in [3.05, 3.63) is 0 Å². The van der Waals surface area contributed by atoms with Gasteiger partial charge in [-0.25, -0.2) is 0 Å². The molecule has 0 spiro atoms. The molecule has 5 heteroatoms.